The fourth-order valence-electron chi connectivity index (χ4n) is 3.10. The van der Waals surface area contributed by atoms with Crippen molar-refractivity contribution in [2.75, 3.05) is 32.2 Å². The number of aliphatic imine (C=N–C) groups is 1. The molecule has 1 aliphatic carbocycles. The Kier molecular flexibility index (Phi) is 3.60. The van der Waals surface area contributed by atoms with Crippen LogP contribution in [0, 0.1) is 0 Å². The predicted molar refractivity (Wildman–Crippen MR) is 80.0 cm³/mol. The number of carbonyl (C=O) groups excluding carboxylic acids is 1. The van der Waals surface area contributed by atoms with E-state index in [1.54, 1.807) is 20.3 Å². The Bertz CT molecular complexity index is 583. The Labute approximate surface area is 124 Å². The first-order chi connectivity index (χ1) is 10.2. The maximum absolute atomic E-state index is 10.7. The maximum Gasteiger partial charge on any atom is 0.235 e. The third-order valence-corrected chi connectivity index (χ3v) is 4.43. The topological polar surface area (TPSA) is 51.1 Å². The van der Waals surface area contributed by atoms with Gasteiger partial charge in [-0.2, -0.15) is 4.99 Å². The fourth-order valence-corrected chi connectivity index (χ4v) is 3.10. The van der Waals surface area contributed by atoms with Crippen LogP contribution in [0.2, 0.25) is 0 Å². The summed E-state index contributed by atoms with van der Waals surface area (Å²) in [6.45, 7) is 2.08. The molecule has 1 aromatic carbocycles. The Morgan fingerprint density at radius 2 is 1.81 bits per heavy atom. The second kappa shape index (κ2) is 5.41. The van der Waals surface area contributed by atoms with Gasteiger partial charge in [0.2, 0.25) is 6.08 Å². The van der Waals surface area contributed by atoms with Gasteiger partial charge in [-0.15, -0.1) is 0 Å². The van der Waals surface area contributed by atoms with Crippen LogP contribution in [-0.2, 0) is 10.3 Å². The van der Waals surface area contributed by atoms with Crippen LogP contribution in [0.5, 0.6) is 11.5 Å². The molecule has 0 aromatic heterocycles. The lowest BCUT2D eigenvalue weighted by Crippen LogP contribution is -2.19. The molecular weight excluding hydrogens is 268 g/mol. The summed E-state index contributed by atoms with van der Waals surface area (Å²) in [5.41, 5.74) is 1.53. The summed E-state index contributed by atoms with van der Waals surface area (Å²) in [7, 11) is 3.33. The minimum absolute atomic E-state index is 0.454. The molecule has 5 heteroatoms. The third kappa shape index (κ3) is 2.38. The summed E-state index contributed by atoms with van der Waals surface area (Å²) in [4.78, 5) is 17.0. The molecule has 5 nitrogen and oxygen atoms in total. The molecule has 0 spiro atoms. The summed E-state index contributed by atoms with van der Waals surface area (Å²) in [5, 5.41) is 0. The van der Waals surface area contributed by atoms with Crippen LogP contribution in [0.3, 0.4) is 0 Å². The number of isocyanates is 1. The molecule has 1 aromatic rings. The Morgan fingerprint density at radius 1 is 1.14 bits per heavy atom. The van der Waals surface area contributed by atoms with Crippen molar-refractivity contribution in [1.29, 1.82) is 0 Å². The van der Waals surface area contributed by atoms with Gasteiger partial charge in [0.25, 0.3) is 0 Å². The van der Waals surface area contributed by atoms with Gasteiger partial charge in [-0.05, 0) is 31.7 Å². The number of anilines is 1. The average molecular weight is 288 g/mol. The zero-order valence-corrected chi connectivity index (χ0v) is 12.5. The average Bonchev–Trinajstić information content (AvgIpc) is 3.09. The summed E-state index contributed by atoms with van der Waals surface area (Å²) >= 11 is 0. The number of methoxy groups -OCH3 is 2. The number of rotatable bonds is 5. The molecule has 112 valence electrons. The van der Waals surface area contributed by atoms with Gasteiger partial charge in [0.15, 0.2) is 0 Å². The quantitative estimate of drug-likeness (QED) is 0.617. The normalized spacial score (nSPS) is 19.0. The van der Waals surface area contributed by atoms with Gasteiger partial charge in [-0.25, -0.2) is 4.79 Å². The highest BCUT2D eigenvalue weighted by molar-refractivity contribution is 5.66. The smallest absolute Gasteiger partial charge is 0.235 e. The van der Waals surface area contributed by atoms with Crippen molar-refractivity contribution in [2.45, 2.75) is 31.2 Å². The van der Waals surface area contributed by atoms with E-state index >= 15 is 0 Å². The number of hydrogen-bond acceptors (Lipinski definition) is 5. The number of ether oxygens (including phenoxy) is 2. The van der Waals surface area contributed by atoms with Crippen LogP contribution in [0.25, 0.3) is 0 Å². The third-order valence-electron chi connectivity index (χ3n) is 4.43. The van der Waals surface area contributed by atoms with Gasteiger partial charge in [-0.1, -0.05) is 0 Å². The van der Waals surface area contributed by atoms with Crippen molar-refractivity contribution < 1.29 is 14.3 Å². The predicted octanol–water partition coefficient (Wildman–Crippen LogP) is 2.63. The Hall–Kier alpha value is -2.00. The zero-order valence-electron chi connectivity index (χ0n) is 12.5. The molecule has 0 unspecified atom stereocenters. The molecule has 0 amide bonds. The lowest BCUT2D eigenvalue weighted by molar-refractivity contribution is 0.394. The van der Waals surface area contributed by atoms with E-state index in [9.17, 15) is 4.79 Å². The minimum atomic E-state index is -0.454. The van der Waals surface area contributed by atoms with E-state index in [1.165, 1.54) is 12.8 Å². The molecule has 1 saturated heterocycles. The lowest BCUT2D eigenvalue weighted by atomic mass is 10.0. The second-order valence-corrected chi connectivity index (χ2v) is 5.65. The molecule has 3 rings (SSSR count). The zero-order chi connectivity index (χ0) is 14.9. The van der Waals surface area contributed by atoms with Gasteiger partial charge < -0.3 is 14.4 Å². The monoisotopic (exact) mass is 288 g/mol. The summed E-state index contributed by atoms with van der Waals surface area (Å²) in [6.07, 6.45) is 5.80. The van der Waals surface area contributed by atoms with Crippen molar-refractivity contribution >= 4 is 11.8 Å². The van der Waals surface area contributed by atoms with E-state index in [2.05, 4.69) is 9.89 Å². The first-order valence-electron chi connectivity index (χ1n) is 7.34. The molecule has 0 radical (unpaired) electrons. The van der Waals surface area contributed by atoms with E-state index in [-0.39, 0.29) is 0 Å². The van der Waals surface area contributed by atoms with E-state index in [0.717, 1.165) is 48.7 Å². The van der Waals surface area contributed by atoms with Crippen molar-refractivity contribution in [3.63, 3.8) is 0 Å². The highest BCUT2D eigenvalue weighted by Gasteiger charge is 2.47. The minimum Gasteiger partial charge on any atom is -0.496 e. The number of benzene rings is 1. The molecule has 2 fully saturated rings. The highest BCUT2D eigenvalue weighted by Crippen LogP contribution is 2.54. The van der Waals surface area contributed by atoms with Crippen LogP contribution >= 0.6 is 0 Å². The Balaban J connectivity index is 2.07. The molecule has 0 N–H and O–H groups in total. The van der Waals surface area contributed by atoms with Crippen LogP contribution in [0.15, 0.2) is 17.1 Å². The van der Waals surface area contributed by atoms with Gasteiger partial charge in [0.1, 0.15) is 17.0 Å². The summed E-state index contributed by atoms with van der Waals surface area (Å²) in [6, 6.07) is 3.99. The highest BCUT2D eigenvalue weighted by atomic mass is 16.5. The maximum atomic E-state index is 10.7. The van der Waals surface area contributed by atoms with Gasteiger partial charge in [-0.3, -0.25) is 0 Å². The summed E-state index contributed by atoms with van der Waals surface area (Å²) < 4.78 is 11.1. The largest absolute Gasteiger partial charge is 0.496 e. The molecule has 0 bridgehead atoms. The van der Waals surface area contributed by atoms with E-state index in [0.29, 0.717) is 0 Å². The van der Waals surface area contributed by atoms with Gasteiger partial charge in [0, 0.05) is 24.7 Å². The van der Waals surface area contributed by atoms with E-state index in [4.69, 9.17) is 9.47 Å². The van der Waals surface area contributed by atoms with E-state index in [1.807, 2.05) is 12.1 Å². The van der Waals surface area contributed by atoms with Gasteiger partial charge >= 0.3 is 0 Å². The van der Waals surface area contributed by atoms with Crippen LogP contribution in [-0.4, -0.2) is 33.4 Å². The standard InChI is InChI=1S/C16H20N2O3/c1-20-14-10-13(18-7-3-4-8-18)15(21-2)9-12(14)16(5-6-16)17-11-19/h9-10H,3-8H2,1-2H3. The van der Waals surface area contributed by atoms with Crippen molar-refractivity contribution in [2.24, 2.45) is 4.99 Å². The fraction of sp³-hybridized carbons (Fsp3) is 0.562. The molecule has 21 heavy (non-hydrogen) atoms. The van der Waals surface area contributed by atoms with E-state index < -0.39 is 5.54 Å². The molecular formula is C16H20N2O3. The number of hydrogen-bond donors (Lipinski definition) is 0. The SMILES string of the molecule is COc1cc(C2(N=C=O)CC2)c(OC)cc1N1CCCC1. The van der Waals surface area contributed by atoms with Crippen LogP contribution < -0.4 is 14.4 Å². The molecule has 0 atom stereocenters. The van der Waals surface area contributed by atoms with Crippen molar-refractivity contribution in [3.8, 4) is 11.5 Å². The van der Waals surface area contributed by atoms with Crippen molar-refractivity contribution in [1.82, 2.24) is 0 Å². The van der Waals surface area contributed by atoms with Gasteiger partial charge in [0.05, 0.1) is 19.9 Å². The first kappa shape index (κ1) is 14.0. The second-order valence-electron chi connectivity index (χ2n) is 5.65. The van der Waals surface area contributed by atoms with Crippen LogP contribution in [0.4, 0.5) is 5.69 Å². The summed E-state index contributed by atoms with van der Waals surface area (Å²) in [5.74, 6) is 1.59. The molecule has 1 heterocycles. The first-order valence-corrected chi connectivity index (χ1v) is 7.34. The molecule has 1 saturated carbocycles. The van der Waals surface area contributed by atoms with Crippen molar-refractivity contribution in [3.05, 3.63) is 17.7 Å². The Morgan fingerprint density at radius 3 is 2.33 bits per heavy atom. The lowest BCUT2D eigenvalue weighted by Gasteiger charge is -2.24. The molecule has 2 aliphatic rings. The molecule has 1 aliphatic heterocycles. The number of nitrogens with zero attached hydrogens (tertiary/aromatic N) is 2. The van der Waals surface area contributed by atoms with Crippen LogP contribution in [0.1, 0.15) is 31.2 Å².